The third-order valence-electron chi connectivity index (χ3n) is 3.05. The van der Waals surface area contributed by atoms with E-state index >= 15 is 0 Å². The van der Waals surface area contributed by atoms with Crippen molar-refractivity contribution >= 4 is 11.9 Å². The molecule has 0 radical (unpaired) electrons. The van der Waals surface area contributed by atoms with Gasteiger partial charge in [0.05, 0.1) is 12.2 Å². The Kier molecular flexibility index (Phi) is 8.06. The van der Waals surface area contributed by atoms with E-state index in [-0.39, 0.29) is 11.5 Å². The van der Waals surface area contributed by atoms with Gasteiger partial charge < -0.3 is 15.4 Å². The number of carbonyl (C=O) groups is 2. The summed E-state index contributed by atoms with van der Waals surface area (Å²) in [6.07, 6.45) is 1.40. The quantitative estimate of drug-likeness (QED) is 0.433. The topological polar surface area (TPSA) is 91.2 Å². The number of esters is 1. The minimum Gasteiger partial charge on any atom is -0.462 e. The number of hydrogen-bond acceptors (Lipinski definition) is 5. The minimum atomic E-state index is -0.392. The highest BCUT2D eigenvalue weighted by Gasteiger charge is 2.09. The van der Waals surface area contributed by atoms with Crippen molar-refractivity contribution in [1.82, 2.24) is 10.6 Å². The van der Waals surface area contributed by atoms with Gasteiger partial charge in [0.2, 0.25) is 0 Å². The van der Waals surface area contributed by atoms with E-state index in [4.69, 9.17) is 10.00 Å². The van der Waals surface area contributed by atoms with Crippen molar-refractivity contribution in [3.8, 4) is 6.07 Å². The first kappa shape index (κ1) is 19.2. The maximum absolute atomic E-state index is 11.8. The molecule has 0 aliphatic rings. The lowest BCUT2D eigenvalue weighted by Crippen LogP contribution is -2.29. The number of nitrogens with one attached hydrogen (secondary N) is 2. The van der Waals surface area contributed by atoms with Crippen molar-refractivity contribution in [2.24, 2.45) is 5.92 Å². The summed E-state index contributed by atoms with van der Waals surface area (Å²) in [5.41, 5.74) is 1.43. The SMILES string of the molecule is CCOC(=O)c1ccc(CN/C=C(/C#N)C(=O)NCC(C)C)cc1. The molecule has 0 atom stereocenters. The van der Waals surface area contributed by atoms with Crippen molar-refractivity contribution in [1.29, 1.82) is 5.26 Å². The lowest BCUT2D eigenvalue weighted by atomic mass is 10.1. The number of amides is 1. The van der Waals surface area contributed by atoms with E-state index in [0.717, 1.165) is 5.56 Å². The van der Waals surface area contributed by atoms with Gasteiger partial charge in [-0.25, -0.2) is 4.79 Å². The number of ether oxygens (including phenoxy) is 1. The summed E-state index contributed by atoms with van der Waals surface area (Å²) >= 11 is 0. The molecule has 0 bridgehead atoms. The lowest BCUT2D eigenvalue weighted by Gasteiger charge is -2.07. The molecule has 1 amide bonds. The van der Waals surface area contributed by atoms with Crippen molar-refractivity contribution in [3.05, 3.63) is 47.2 Å². The van der Waals surface area contributed by atoms with Gasteiger partial charge in [-0.3, -0.25) is 4.79 Å². The van der Waals surface area contributed by atoms with Crippen LogP contribution in [0, 0.1) is 17.2 Å². The van der Waals surface area contributed by atoms with Gasteiger partial charge in [-0.1, -0.05) is 26.0 Å². The summed E-state index contributed by atoms with van der Waals surface area (Å²) in [6, 6.07) is 8.81. The van der Waals surface area contributed by atoms with Crippen LogP contribution >= 0.6 is 0 Å². The Morgan fingerprint density at radius 2 is 1.96 bits per heavy atom. The molecule has 0 unspecified atom stereocenters. The van der Waals surface area contributed by atoms with Gasteiger partial charge in [0.1, 0.15) is 11.6 Å². The molecule has 2 N–H and O–H groups in total. The second-order valence-corrected chi connectivity index (χ2v) is 5.57. The van der Waals surface area contributed by atoms with Crippen LogP contribution in [-0.2, 0) is 16.1 Å². The Morgan fingerprint density at radius 1 is 1.29 bits per heavy atom. The molecule has 6 nitrogen and oxygen atoms in total. The van der Waals surface area contributed by atoms with E-state index in [1.54, 1.807) is 31.2 Å². The molecule has 1 rings (SSSR count). The number of nitriles is 1. The Hall–Kier alpha value is -2.81. The second kappa shape index (κ2) is 10.1. The van der Waals surface area contributed by atoms with Gasteiger partial charge in [0.25, 0.3) is 5.91 Å². The van der Waals surface area contributed by atoms with Gasteiger partial charge in [-0.15, -0.1) is 0 Å². The molecule has 0 heterocycles. The fourth-order valence-corrected chi connectivity index (χ4v) is 1.78. The van der Waals surface area contributed by atoms with Crippen molar-refractivity contribution in [3.63, 3.8) is 0 Å². The molecule has 0 spiro atoms. The smallest absolute Gasteiger partial charge is 0.338 e. The zero-order valence-electron chi connectivity index (χ0n) is 14.3. The molecular formula is C18H23N3O3. The Balaban J connectivity index is 2.57. The van der Waals surface area contributed by atoms with E-state index < -0.39 is 5.91 Å². The van der Waals surface area contributed by atoms with Crippen molar-refractivity contribution < 1.29 is 14.3 Å². The van der Waals surface area contributed by atoms with Gasteiger partial charge in [0, 0.05) is 19.3 Å². The van der Waals surface area contributed by atoms with Crippen molar-refractivity contribution in [2.45, 2.75) is 27.3 Å². The first-order valence-electron chi connectivity index (χ1n) is 7.85. The number of benzene rings is 1. The molecule has 0 aliphatic carbocycles. The van der Waals surface area contributed by atoms with E-state index in [9.17, 15) is 9.59 Å². The van der Waals surface area contributed by atoms with Crippen LogP contribution in [0.2, 0.25) is 0 Å². The monoisotopic (exact) mass is 329 g/mol. The highest BCUT2D eigenvalue weighted by Crippen LogP contribution is 2.06. The molecular weight excluding hydrogens is 306 g/mol. The Morgan fingerprint density at radius 3 is 2.50 bits per heavy atom. The average Bonchev–Trinajstić information content (AvgIpc) is 2.57. The van der Waals surface area contributed by atoms with Crippen LogP contribution in [0.15, 0.2) is 36.0 Å². The van der Waals surface area contributed by atoms with Gasteiger partial charge in [-0.05, 0) is 30.5 Å². The first-order valence-corrected chi connectivity index (χ1v) is 7.85. The zero-order valence-corrected chi connectivity index (χ0v) is 14.3. The molecule has 0 saturated heterocycles. The standard InChI is InChI=1S/C18H23N3O3/c1-4-24-18(23)15-7-5-14(6-8-15)11-20-12-16(9-19)17(22)21-10-13(2)3/h5-8,12-13,20H,4,10-11H2,1-3H3,(H,21,22)/b16-12-. The number of hydrogen-bond donors (Lipinski definition) is 2. The fraction of sp³-hybridized carbons (Fsp3) is 0.389. The molecule has 0 fully saturated rings. The van der Waals surface area contributed by atoms with E-state index in [1.807, 2.05) is 19.9 Å². The highest BCUT2D eigenvalue weighted by atomic mass is 16.5. The normalized spacial score (nSPS) is 10.9. The maximum atomic E-state index is 11.8. The fourth-order valence-electron chi connectivity index (χ4n) is 1.78. The third kappa shape index (κ3) is 6.53. The molecule has 6 heteroatoms. The number of nitrogens with zero attached hydrogens (tertiary/aromatic N) is 1. The second-order valence-electron chi connectivity index (χ2n) is 5.57. The molecule has 0 saturated carbocycles. The van der Waals surface area contributed by atoms with E-state index in [2.05, 4.69) is 10.6 Å². The molecule has 1 aromatic carbocycles. The van der Waals surface area contributed by atoms with Gasteiger partial charge >= 0.3 is 5.97 Å². The Bertz CT molecular complexity index is 628. The van der Waals surface area contributed by atoms with Crippen LogP contribution in [-0.4, -0.2) is 25.0 Å². The van der Waals surface area contributed by atoms with Crippen molar-refractivity contribution in [2.75, 3.05) is 13.2 Å². The van der Waals surface area contributed by atoms with Crippen LogP contribution < -0.4 is 10.6 Å². The van der Waals surface area contributed by atoms with Gasteiger partial charge in [-0.2, -0.15) is 5.26 Å². The molecule has 24 heavy (non-hydrogen) atoms. The van der Waals surface area contributed by atoms with Crippen LogP contribution in [0.4, 0.5) is 0 Å². The molecule has 0 aromatic heterocycles. The third-order valence-corrected chi connectivity index (χ3v) is 3.05. The van der Waals surface area contributed by atoms with Gasteiger partial charge in [0.15, 0.2) is 0 Å². The number of rotatable bonds is 8. The highest BCUT2D eigenvalue weighted by molar-refractivity contribution is 5.97. The maximum Gasteiger partial charge on any atom is 0.338 e. The van der Waals surface area contributed by atoms with E-state index in [1.165, 1.54) is 6.20 Å². The largest absolute Gasteiger partial charge is 0.462 e. The Labute approximate surface area is 142 Å². The molecule has 0 aliphatic heterocycles. The predicted molar refractivity (Wildman–Crippen MR) is 90.8 cm³/mol. The lowest BCUT2D eigenvalue weighted by molar-refractivity contribution is -0.117. The average molecular weight is 329 g/mol. The summed E-state index contributed by atoms with van der Waals surface area (Å²) in [4.78, 5) is 23.4. The first-order chi connectivity index (χ1) is 11.5. The summed E-state index contributed by atoms with van der Waals surface area (Å²) < 4.78 is 4.92. The summed E-state index contributed by atoms with van der Waals surface area (Å²) in [5, 5.41) is 14.7. The summed E-state index contributed by atoms with van der Waals surface area (Å²) in [6.45, 7) is 7.01. The predicted octanol–water partition coefficient (Wildman–Crippen LogP) is 2.13. The van der Waals surface area contributed by atoms with Crippen LogP contribution in [0.3, 0.4) is 0 Å². The summed E-state index contributed by atoms with van der Waals surface area (Å²) in [7, 11) is 0. The zero-order chi connectivity index (χ0) is 17.9. The minimum absolute atomic E-state index is 0.0267. The van der Waals surface area contributed by atoms with Crippen LogP contribution in [0.25, 0.3) is 0 Å². The van der Waals surface area contributed by atoms with Crippen LogP contribution in [0.5, 0.6) is 0 Å². The van der Waals surface area contributed by atoms with E-state index in [0.29, 0.717) is 31.2 Å². The summed E-state index contributed by atoms with van der Waals surface area (Å²) in [5.74, 6) is -0.429. The molecule has 1 aromatic rings. The molecule has 128 valence electrons. The van der Waals surface area contributed by atoms with Crippen LogP contribution in [0.1, 0.15) is 36.7 Å². The number of carbonyl (C=O) groups excluding carboxylic acids is 2.